The van der Waals surface area contributed by atoms with Crippen molar-refractivity contribution in [3.63, 3.8) is 0 Å². The van der Waals surface area contributed by atoms with E-state index in [-0.39, 0.29) is 41.3 Å². The van der Waals surface area contributed by atoms with Crippen LogP contribution in [-0.2, 0) is 19.2 Å². The number of para-hydroxylation sites is 1. The summed E-state index contributed by atoms with van der Waals surface area (Å²) >= 11 is 6.32. The van der Waals surface area contributed by atoms with Gasteiger partial charge in [0, 0.05) is 33.2 Å². The smallest absolute Gasteiger partial charge is 0.238 e. The van der Waals surface area contributed by atoms with Crippen LogP contribution in [0.15, 0.2) is 70.8 Å². The summed E-state index contributed by atoms with van der Waals surface area (Å²) in [5.74, 6) is -3.64. The topological polar surface area (TPSA) is 101 Å². The van der Waals surface area contributed by atoms with E-state index in [0.717, 1.165) is 11.1 Å². The maximum absolute atomic E-state index is 14.0. The highest BCUT2D eigenvalue weighted by molar-refractivity contribution is 6.32. The van der Waals surface area contributed by atoms with Crippen LogP contribution in [0.5, 0.6) is 11.5 Å². The predicted molar refractivity (Wildman–Crippen MR) is 145 cm³/mol. The monoisotopic (exact) mass is 543 g/mol. The number of benzene rings is 2. The molecule has 3 aliphatic carbocycles. The zero-order valence-corrected chi connectivity index (χ0v) is 22.4. The summed E-state index contributed by atoms with van der Waals surface area (Å²) in [6.07, 6.45) is 3.72. The minimum Gasteiger partial charge on any atom is -0.504 e. The number of phenols is 1. The lowest BCUT2D eigenvalue weighted by Gasteiger charge is -2.42. The number of aromatic hydroxyl groups is 1. The summed E-state index contributed by atoms with van der Waals surface area (Å²) < 4.78 is 5.33. The van der Waals surface area contributed by atoms with Crippen LogP contribution in [-0.4, -0.2) is 35.6 Å². The van der Waals surface area contributed by atoms with E-state index in [1.165, 1.54) is 18.1 Å². The molecule has 0 bridgehead atoms. The van der Waals surface area contributed by atoms with E-state index >= 15 is 0 Å². The number of methoxy groups -OCH3 is 1. The third kappa shape index (κ3) is 3.63. The molecule has 2 aromatic carbocycles. The summed E-state index contributed by atoms with van der Waals surface area (Å²) in [5.41, 5.74) is 3.41. The van der Waals surface area contributed by atoms with Crippen molar-refractivity contribution in [2.24, 2.45) is 17.8 Å². The van der Waals surface area contributed by atoms with Gasteiger partial charge in [-0.25, -0.2) is 4.90 Å². The Hall–Kier alpha value is -3.97. The molecule has 1 aliphatic heterocycles. The molecule has 4 unspecified atom stereocenters. The average molecular weight is 544 g/mol. The fourth-order valence-electron chi connectivity index (χ4n) is 6.65. The number of phenolic OH excluding ortho intramolecular Hbond substituents is 1. The summed E-state index contributed by atoms with van der Waals surface area (Å²) in [7, 11) is 1.44. The van der Waals surface area contributed by atoms with Gasteiger partial charge in [0.1, 0.15) is 0 Å². The Morgan fingerprint density at radius 1 is 1.03 bits per heavy atom. The van der Waals surface area contributed by atoms with Gasteiger partial charge in [-0.2, -0.15) is 0 Å². The SMILES string of the molecule is COc1cccc(C2C3=CCC4C(=O)N(c5ccc(C)c(Cl)c5)C(=O)C4C3CC3=C2C(=O)C=C(C)C3=O)c1O. The summed E-state index contributed by atoms with van der Waals surface area (Å²) in [5, 5.41) is 11.6. The molecule has 4 atom stereocenters. The summed E-state index contributed by atoms with van der Waals surface area (Å²) in [6, 6.07) is 10.1. The van der Waals surface area contributed by atoms with Gasteiger partial charge >= 0.3 is 0 Å². The lowest BCUT2D eigenvalue weighted by molar-refractivity contribution is -0.123. The third-order valence-electron chi connectivity index (χ3n) is 8.54. The Kier molecular flexibility index (Phi) is 5.88. The normalized spacial score (nSPS) is 26.2. The van der Waals surface area contributed by atoms with Gasteiger partial charge in [-0.15, -0.1) is 0 Å². The van der Waals surface area contributed by atoms with Crippen molar-refractivity contribution in [3.05, 3.63) is 87.0 Å². The molecule has 6 rings (SSSR count). The van der Waals surface area contributed by atoms with Crippen molar-refractivity contribution in [2.75, 3.05) is 12.0 Å². The van der Waals surface area contributed by atoms with Crippen LogP contribution in [0.2, 0.25) is 5.02 Å². The first-order valence-corrected chi connectivity index (χ1v) is 13.2. The summed E-state index contributed by atoms with van der Waals surface area (Å²) in [4.78, 5) is 55.5. The van der Waals surface area contributed by atoms with Crippen LogP contribution >= 0.6 is 11.6 Å². The molecule has 0 aromatic heterocycles. The standard InChI is InChI=1S/C31H26ClNO6/c1-14-7-8-16(12-22(14)32)33-30(37)19-10-9-17-20(26(19)31(33)38)13-21-27(23(34)11-15(2)28(21)35)25(17)18-5-4-6-24(39-3)29(18)36/h4-9,11-12,19-20,25-26,36H,10,13H2,1-3H3. The second-order valence-corrected chi connectivity index (χ2v) is 11.0. The number of aryl methyl sites for hydroxylation is 1. The Labute approximate surface area is 230 Å². The van der Waals surface area contributed by atoms with E-state index in [1.54, 1.807) is 43.3 Å². The average Bonchev–Trinajstić information content (AvgIpc) is 3.17. The molecule has 1 fully saturated rings. The van der Waals surface area contributed by atoms with Crippen molar-refractivity contribution in [3.8, 4) is 11.5 Å². The van der Waals surface area contributed by atoms with Crippen molar-refractivity contribution >= 4 is 40.7 Å². The molecule has 198 valence electrons. The number of amides is 2. The van der Waals surface area contributed by atoms with E-state index in [9.17, 15) is 24.3 Å². The molecule has 7 nitrogen and oxygen atoms in total. The maximum atomic E-state index is 14.0. The van der Waals surface area contributed by atoms with Gasteiger partial charge in [0.2, 0.25) is 11.8 Å². The van der Waals surface area contributed by atoms with Crippen molar-refractivity contribution < 1.29 is 29.0 Å². The highest BCUT2D eigenvalue weighted by atomic mass is 35.5. The number of ketones is 2. The second kappa shape index (κ2) is 9.06. The number of allylic oxidation sites excluding steroid dienone is 6. The van der Waals surface area contributed by atoms with Gasteiger partial charge in [-0.3, -0.25) is 19.2 Å². The molecule has 2 aromatic rings. The summed E-state index contributed by atoms with van der Waals surface area (Å²) in [6.45, 7) is 3.44. The highest BCUT2D eigenvalue weighted by Gasteiger charge is 2.56. The second-order valence-electron chi connectivity index (χ2n) is 10.6. The third-order valence-corrected chi connectivity index (χ3v) is 8.94. The number of fused-ring (bicyclic) bond motifs is 3. The lowest BCUT2D eigenvalue weighted by Crippen LogP contribution is -2.39. The molecule has 0 saturated carbocycles. The molecule has 0 radical (unpaired) electrons. The Balaban J connectivity index is 1.50. The molecule has 39 heavy (non-hydrogen) atoms. The zero-order valence-electron chi connectivity index (χ0n) is 21.7. The van der Waals surface area contributed by atoms with E-state index in [2.05, 4.69) is 0 Å². The van der Waals surface area contributed by atoms with Crippen LogP contribution in [0.4, 0.5) is 5.69 Å². The number of Topliss-reactive ketones (excluding diaryl/α,β-unsaturated/α-hetero) is 1. The van der Waals surface area contributed by atoms with Crippen LogP contribution in [0.1, 0.15) is 36.8 Å². The maximum Gasteiger partial charge on any atom is 0.238 e. The van der Waals surface area contributed by atoms with Crippen molar-refractivity contribution in [1.29, 1.82) is 0 Å². The number of imide groups is 1. The Morgan fingerprint density at radius 2 is 1.79 bits per heavy atom. The first-order valence-electron chi connectivity index (χ1n) is 12.8. The van der Waals surface area contributed by atoms with Crippen LogP contribution < -0.4 is 9.64 Å². The minimum atomic E-state index is -0.749. The van der Waals surface area contributed by atoms with Gasteiger partial charge < -0.3 is 9.84 Å². The van der Waals surface area contributed by atoms with Gasteiger partial charge in [0.25, 0.3) is 0 Å². The molecular formula is C31H26ClNO6. The Morgan fingerprint density at radius 3 is 2.51 bits per heavy atom. The number of carbonyl (C=O) groups excluding carboxylic acids is 4. The van der Waals surface area contributed by atoms with Crippen molar-refractivity contribution in [1.82, 2.24) is 0 Å². The Bertz CT molecular complexity index is 1600. The molecule has 8 heteroatoms. The van der Waals surface area contributed by atoms with Gasteiger partial charge in [-0.1, -0.05) is 41.4 Å². The molecule has 1 saturated heterocycles. The fourth-order valence-corrected chi connectivity index (χ4v) is 6.82. The molecule has 0 spiro atoms. The molecule has 1 heterocycles. The highest BCUT2D eigenvalue weighted by Crippen LogP contribution is 2.57. The number of hydrogen-bond donors (Lipinski definition) is 1. The molecular weight excluding hydrogens is 518 g/mol. The number of ether oxygens (including phenoxy) is 1. The van der Waals surface area contributed by atoms with E-state index < -0.39 is 23.7 Å². The van der Waals surface area contributed by atoms with E-state index in [0.29, 0.717) is 39.4 Å². The first-order chi connectivity index (χ1) is 18.6. The van der Waals surface area contributed by atoms with E-state index in [4.69, 9.17) is 16.3 Å². The molecule has 1 N–H and O–H groups in total. The fraction of sp³-hybridized carbons (Fsp3) is 0.290. The molecule has 4 aliphatic rings. The number of rotatable bonds is 3. The number of nitrogens with zero attached hydrogens (tertiary/aromatic N) is 1. The largest absolute Gasteiger partial charge is 0.504 e. The predicted octanol–water partition coefficient (Wildman–Crippen LogP) is 5.00. The van der Waals surface area contributed by atoms with Gasteiger partial charge in [-0.05, 0) is 62.4 Å². The van der Waals surface area contributed by atoms with Crippen LogP contribution in [0.25, 0.3) is 0 Å². The number of carbonyl (C=O) groups is 4. The van der Waals surface area contributed by atoms with E-state index in [1.807, 2.05) is 13.0 Å². The van der Waals surface area contributed by atoms with Crippen LogP contribution in [0.3, 0.4) is 0 Å². The lowest BCUT2D eigenvalue weighted by atomic mass is 9.59. The zero-order chi connectivity index (χ0) is 27.7. The van der Waals surface area contributed by atoms with Gasteiger partial charge in [0.05, 0.1) is 24.6 Å². The number of hydrogen-bond acceptors (Lipinski definition) is 6. The molecule has 2 amide bonds. The minimum absolute atomic E-state index is 0.128. The first kappa shape index (κ1) is 25.3. The van der Waals surface area contributed by atoms with Crippen LogP contribution in [0, 0.1) is 24.7 Å². The van der Waals surface area contributed by atoms with Crippen molar-refractivity contribution in [2.45, 2.75) is 32.6 Å². The number of halogens is 1. The number of anilines is 1. The van der Waals surface area contributed by atoms with Gasteiger partial charge in [0.15, 0.2) is 23.1 Å². The quantitative estimate of drug-likeness (QED) is 0.332.